The molecule has 2 aromatic carbocycles. The van der Waals surface area contributed by atoms with Crippen molar-refractivity contribution in [2.45, 2.75) is 11.5 Å². The van der Waals surface area contributed by atoms with Crippen molar-refractivity contribution in [3.05, 3.63) is 53.0 Å². The van der Waals surface area contributed by atoms with Crippen LogP contribution in [0.4, 0.5) is 25.3 Å². The zero-order valence-corrected chi connectivity index (χ0v) is 16.7. The van der Waals surface area contributed by atoms with E-state index in [-0.39, 0.29) is 5.75 Å². The molecule has 0 spiro atoms. The van der Waals surface area contributed by atoms with Gasteiger partial charge < -0.3 is 19.1 Å². The van der Waals surface area contributed by atoms with Crippen molar-refractivity contribution in [3.8, 4) is 11.5 Å². The van der Waals surface area contributed by atoms with E-state index in [2.05, 4.69) is 14.4 Å². The van der Waals surface area contributed by atoms with E-state index in [0.717, 1.165) is 15.7 Å². The van der Waals surface area contributed by atoms with Crippen LogP contribution in [0.5, 0.6) is 11.5 Å². The highest BCUT2D eigenvalue weighted by Crippen LogP contribution is 2.43. The molecular formula is C18H14ClF2N3O2S2. The van der Waals surface area contributed by atoms with Crippen LogP contribution in [-0.4, -0.2) is 24.7 Å². The van der Waals surface area contributed by atoms with E-state index in [0.29, 0.717) is 29.6 Å². The van der Waals surface area contributed by atoms with E-state index in [4.69, 9.17) is 16.3 Å². The molecule has 0 bridgehead atoms. The van der Waals surface area contributed by atoms with Crippen molar-refractivity contribution in [3.63, 3.8) is 0 Å². The van der Waals surface area contributed by atoms with Crippen LogP contribution >= 0.6 is 34.9 Å². The molecule has 146 valence electrons. The molecule has 0 unspecified atom stereocenters. The van der Waals surface area contributed by atoms with Crippen molar-refractivity contribution in [2.24, 2.45) is 0 Å². The summed E-state index contributed by atoms with van der Waals surface area (Å²) in [4.78, 5) is 7.00. The third-order valence-corrected chi connectivity index (χ3v) is 5.75. The van der Waals surface area contributed by atoms with Crippen LogP contribution in [0.3, 0.4) is 0 Å². The summed E-state index contributed by atoms with van der Waals surface area (Å²) in [7, 11) is 0. The number of rotatable bonds is 6. The zero-order valence-electron chi connectivity index (χ0n) is 14.3. The first-order valence-corrected chi connectivity index (χ1v) is 10.3. The first-order chi connectivity index (χ1) is 13.6. The van der Waals surface area contributed by atoms with Gasteiger partial charge in [0.15, 0.2) is 10.9 Å². The summed E-state index contributed by atoms with van der Waals surface area (Å²) in [6.07, 6.45) is 1.73. The fourth-order valence-electron chi connectivity index (χ4n) is 2.79. The molecule has 1 N–H and O–H groups in total. The molecule has 1 aliphatic heterocycles. The van der Waals surface area contributed by atoms with E-state index in [9.17, 15) is 8.78 Å². The molecule has 4 rings (SSSR count). The van der Waals surface area contributed by atoms with Gasteiger partial charge >= 0.3 is 6.61 Å². The normalized spacial score (nSPS) is 13.2. The highest BCUT2D eigenvalue weighted by atomic mass is 35.5. The van der Waals surface area contributed by atoms with Gasteiger partial charge in [-0.1, -0.05) is 11.6 Å². The van der Waals surface area contributed by atoms with E-state index < -0.39 is 6.61 Å². The molecule has 0 amide bonds. The Morgan fingerprint density at radius 3 is 2.89 bits per heavy atom. The van der Waals surface area contributed by atoms with Crippen LogP contribution in [0, 0.1) is 0 Å². The molecule has 2 heterocycles. The van der Waals surface area contributed by atoms with E-state index in [1.165, 1.54) is 29.4 Å². The predicted molar refractivity (Wildman–Crippen MR) is 109 cm³/mol. The van der Waals surface area contributed by atoms with Gasteiger partial charge in [-0.3, -0.25) is 0 Å². The van der Waals surface area contributed by atoms with Crippen molar-refractivity contribution in [2.75, 3.05) is 22.8 Å². The summed E-state index contributed by atoms with van der Waals surface area (Å²) in [5.74, 6) is 0.689. The SMILES string of the molecule is FC(F)Oc1cc(Cl)ccc1N1CCOc2cc(SNc3nccs3)ccc21. The number of anilines is 3. The number of aromatic nitrogens is 1. The summed E-state index contributed by atoms with van der Waals surface area (Å²) >= 11 is 8.88. The Hall–Kier alpha value is -2.23. The van der Waals surface area contributed by atoms with Crippen LogP contribution in [0.15, 0.2) is 52.9 Å². The maximum Gasteiger partial charge on any atom is 0.387 e. The Balaban J connectivity index is 1.61. The molecule has 10 heteroatoms. The Kier molecular flexibility index (Phi) is 5.74. The lowest BCUT2D eigenvalue weighted by Gasteiger charge is -2.32. The van der Waals surface area contributed by atoms with Gasteiger partial charge in [0.1, 0.15) is 12.4 Å². The van der Waals surface area contributed by atoms with Crippen molar-refractivity contribution in [1.29, 1.82) is 0 Å². The van der Waals surface area contributed by atoms with Gasteiger partial charge in [0.2, 0.25) is 0 Å². The molecule has 1 aromatic heterocycles. The summed E-state index contributed by atoms with van der Waals surface area (Å²) in [6, 6.07) is 10.4. The molecule has 0 fully saturated rings. The Morgan fingerprint density at radius 1 is 1.25 bits per heavy atom. The van der Waals surface area contributed by atoms with Crippen LogP contribution in [0.2, 0.25) is 5.02 Å². The van der Waals surface area contributed by atoms with Crippen LogP contribution < -0.4 is 19.1 Å². The summed E-state index contributed by atoms with van der Waals surface area (Å²) in [5, 5.41) is 3.02. The second-order valence-electron chi connectivity index (χ2n) is 5.66. The maximum absolute atomic E-state index is 12.8. The minimum Gasteiger partial charge on any atom is -0.489 e. The van der Waals surface area contributed by atoms with Gasteiger partial charge in [-0.15, -0.1) is 11.3 Å². The van der Waals surface area contributed by atoms with Crippen molar-refractivity contribution < 1.29 is 18.3 Å². The second-order valence-corrected chi connectivity index (χ2v) is 7.87. The highest BCUT2D eigenvalue weighted by molar-refractivity contribution is 8.00. The van der Waals surface area contributed by atoms with Crippen molar-refractivity contribution >= 4 is 51.4 Å². The number of nitrogens with one attached hydrogen (secondary N) is 1. The van der Waals surface area contributed by atoms with Gasteiger partial charge in [0.05, 0.1) is 17.9 Å². The van der Waals surface area contributed by atoms with E-state index >= 15 is 0 Å². The number of nitrogens with zero attached hydrogens (tertiary/aromatic N) is 2. The van der Waals surface area contributed by atoms with Gasteiger partial charge in [-0.2, -0.15) is 8.78 Å². The summed E-state index contributed by atoms with van der Waals surface area (Å²) in [5.41, 5.74) is 1.28. The first kappa shape index (κ1) is 19.1. The van der Waals surface area contributed by atoms with Crippen LogP contribution in [0.1, 0.15) is 0 Å². The predicted octanol–water partition coefficient (Wildman–Crippen LogP) is 6.05. The molecule has 0 saturated carbocycles. The number of hydrogen-bond donors (Lipinski definition) is 1. The number of hydrogen-bond acceptors (Lipinski definition) is 7. The topological polar surface area (TPSA) is 46.6 Å². The first-order valence-electron chi connectivity index (χ1n) is 8.21. The monoisotopic (exact) mass is 441 g/mol. The number of fused-ring (bicyclic) bond motifs is 1. The van der Waals surface area contributed by atoms with E-state index in [1.807, 2.05) is 28.5 Å². The number of thiazole rings is 1. The van der Waals surface area contributed by atoms with Crippen LogP contribution in [0.25, 0.3) is 0 Å². The van der Waals surface area contributed by atoms with E-state index in [1.54, 1.807) is 18.3 Å². The maximum atomic E-state index is 12.8. The van der Waals surface area contributed by atoms with Gasteiger partial charge in [-0.25, -0.2) is 4.98 Å². The number of ether oxygens (including phenoxy) is 2. The lowest BCUT2D eigenvalue weighted by atomic mass is 10.2. The zero-order chi connectivity index (χ0) is 19.5. The molecule has 0 radical (unpaired) electrons. The average molecular weight is 442 g/mol. The molecule has 5 nitrogen and oxygen atoms in total. The smallest absolute Gasteiger partial charge is 0.387 e. The number of alkyl halides is 2. The third-order valence-electron chi connectivity index (χ3n) is 3.91. The standard InChI is InChI=1S/C18H14ClF2N3O2S2/c19-11-1-3-14(16(9-11)26-17(20)21)24-6-7-25-15-10-12(2-4-13(15)24)28-23-18-22-5-8-27-18/h1-5,8-10,17H,6-7H2,(H,22,23). The Bertz CT molecular complexity index is 960. The number of halogens is 3. The Labute approximate surface area is 173 Å². The van der Waals surface area contributed by atoms with Gasteiger partial charge in [-0.05, 0) is 42.3 Å². The summed E-state index contributed by atoms with van der Waals surface area (Å²) < 4.78 is 39.3. The molecule has 28 heavy (non-hydrogen) atoms. The lowest BCUT2D eigenvalue weighted by molar-refractivity contribution is -0.0494. The fraction of sp³-hybridized carbons (Fsp3) is 0.167. The minimum absolute atomic E-state index is 0.0271. The fourth-order valence-corrected chi connectivity index (χ4v) is 4.20. The largest absolute Gasteiger partial charge is 0.489 e. The lowest BCUT2D eigenvalue weighted by Crippen LogP contribution is -2.29. The number of benzene rings is 2. The molecule has 0 atom stereocenters. The average Bonchev–Trinajstić information content (AvgIpc) is 3.19. The summed E-state index contributed by atoms with van der Waals surface area (Å²) in [6.45, 7) is -2.02. The van der Waals surface area contributed by atoms with Gasteiger partial charge in [0, 0.05) is 27.6 Å². The molecule has 1 aliphatic rings. The molecule has 0 aliphatic carbocycles. The van der Waals surface area contributed by atoms with Gasteiger partial charge in [0.25, 0.3) is 0 Å². The molecule has 3 aromatic rings. The van der Waals surface area contributed by atoms with Crippen LogP contribution in [-0.2, 0) is 0 Å². The minimum atomic E-state index is -2.94. The van der Waals surface area contributed by atoms with Crippen molar-refractivity contribution in [1.82, 2.24) is 4.98 Å². The molecule has 0 saturated heterocycles. The second kappa shape index (κ2) is 8.42. The Morgan fingerprint density at radius 2 is 2.11 bits per heavy atom. The highest BCUT2D eigenvalue weighted by Gasteiger charge is 2.24. The molecular weight excluding hydrogens is 428 g/mol. The quantitative estimate of drug-likeness (QED) is 0.470. The third kappa shape index (κ3) is 4.26.